The molecule has 0 fully saturated rings. The maximum atomic E-state index is 12.1. The van der Waals surface area contributed by atoms with Gasteiger partial charge in [-0.1, -0.05) is 55.2 Å². The third-order valence-electron chi connectivity index (χ3n) is 9.17. The fraction of sp³-hybridized carbons (Fsp3) is 0.291. The van der Waals surface area contributed by atoms with Gasteiger partial charge in [0.25, 0.3) is 6.47 Å². The molecule has 0 atom stereocenters. The van der Waals surface area contributed by atoms with Crippen LogP contribution in [-0.4, -0.2) is 96.6 Å². The van der Waals surface area contributed by atoms with Gasteiger partial charge >= 0.3 is 121 Å². The summed E-state index contributed by atoms with van der Waals surface area (Å²) in [6.07, 6.45) is 14.4. The third-order valence-corrected chi connectivity index (χ3v) is 10.6. The van der Waals surface area contributed by atoms with E-state index in [1.807, 2.05) is 117 Å². The number of carbonyl (C=O) groups excluding carboxylic acids is 4. The minimum Gasteiger partial charge on any atom is -1.00 e. The molecule has 11 N–H and O–H groups in total. The molecule has 85 heavy (non-hydrogen) atoms. The fourth-order valence-corrected chi connectivity index (χ4v) is 7.34. The third kappa shape index (κ3) is 33.0. The summed E-state index contributed by atoms with van der Waals surface area (Å²) < 4.78 is 20.9. The zero-order valence-corrected chi connectivity index (χ0v) is 59.1. The van der Waals surface area contributed by atoms with E-state index in [-0.39, 0.29) is 172 Å². The van der Waals surface area contributed by atoms with Gasteiger partial charge in [0.2, 0.25) is 0 Å². The molecule has 3 aromatic carbocycles. The Hall–Kier alpha value is -5.10. The van der Waals surface area contributed by atoms with Crippen molar-refractivity contribution in [1.29, 1.82) is 15.8 Å². The second-order valence-electron chi connectivity index (χ2n) is 19.0. The van der Waals surface area contributed by atoms with Gasteiger partial charge in [-0.2, -0.15) is 15.8 Å². The van der Waals surface area contributed by atoms with Crippen molar-refractivity contribution in [1.82, 2.24) is 40.2 Å². The summed E-state index contributed by atoms with van der Waals surface area (Å²) in [6, 6.07) is 23.5. The fourth-order valence-electron chi connectivity index (χ4n) is 6.50. The van der Waals surface area contributed by atoms with Crippen LogP contribution in [0.3, 0.4) is 0 Å². The second kappa shape index (κ2) is 43.5. The number of rotatable bonds is 8. The minimum atomic E-state index is -0.549. The molecular weight excluding hydrogens is 1350 g/mol. The first-order valence-corrected chi connectivity index (χ1v) is 26.0. The number of aromatic amines is 1. The number of nitrogens with one attached hydrogen (secondary N) is 2. The molecule has 0 spiro atoms. The zero-order valence-electron chi connectivity index (χ0n) is 49.1. The number of halogens is 3. The van der Waals surface area contributed by atoms with E-state index in [2.05, 4.69) is 101 Å². The van der Waals surface area contributed by atoms with Crippen LogP contribution in [0, 0.1) is 34.0 Å². The first kappa shape index (κ1) is 86.3. The van der Waals surface area contributed by atoms with Crippen LogP contribution in [0.25, 0.3) is 32.7 Å². The van der Waals surface area contributed by atoms with Crippen molar-refractivity contribution in [2.75, 3.05) is 16.4 Å². The number of benzene rings is 3. The van der Waals surface area contributed by atoms with E-state index in [0.717, 1.165) is 53.0 Å². The summed E-state index contributed by atoms with van der Waals surface area (Å²) in [7, 11) is 0. The van der Waals surface area contributed by atoms with Gasteiger partial charge < -0.3 is 62.6 Å². The first-order chi connectivity index (χ1) is 37.7. The molecule has 8 rings (SSSR count). The number of nitrogen functional groups attached to an aromatic ring is 1. The SMILES string of the molecule is C.CC(C)(C)OC(=O)CBr.CC(C)(C)OC(=O)Cn1cc(C#N)c2cc(Br)ccc21.CC(C)(C)OC(=O)Cn1cc(C#N)c2cc(Nc3cncnc3)ccc21.N.N#Cc1c[nH]c2ccc(Br)cc12.Nc1cncnc1.O.O=CO[O-].OO.[H-].[K+].[K+]. The van der Waals surface area contributed by atoms with E-state index in [0.29, 0.717) is 22.4 Å². The molecule has 5 aromatic heterocycles. The molecule has 0 radical (unpaired) electrons. The Morgan fingerprint density at radius 1 is 0.682 bits per heavy atom. The minimum absolute atomic E-state index is 0. The number of nitriles is 3. The largest absolute Gasteiger partial charge is 1.00 e. The number of nitrogens with zero attached hydrogens (tertiary/aromatic N) is 9. The average molecular weight is 1420 g/mol. The van der Waals surface area contributed by atoms with E-state index >= 15 is 0 Å². The Morgan fingerprint density at radius 2 is 1.07 bits per heavy atom. The Balaban J connectivity index is -0.000000324. The number of fused-ring (bicyclic) bond motifs is 3. The van der Waals surface area contributed by atoms with Gasteiger partial charge in [-0.3, -0.25) is 29.7 Å². The van der Waals surface area contributed by atoms with Gasteiger partial charge in [0.05, 0.1) is 58.4 Å². The molecule has 0 amide bonds. The van der Waals surface area contributed by atoms with E-state index in [1.54, 1.807) is 52.5 Å². The number of anilines is 3. The van der Waals surface area contributed by atoms with Crippen LogP contribution in [-0.2, 0) is 51.4 Å². The monoisotopic (exact) mass is 1420 g/mol. The Kier molecular flexibility index (Phi) is 44.2. The summed E-state index contributed by atoms with van der Waals surface area (Å²) in [5.41, 5.74) is 10.3. The van der Waals surface area contributed by atoms with Crippen molar-refractivity contribution in [3.8, 4) is 18.2 Å². The van der Waals surface area contributed by atoms with Crippen LogP contribution >= 0.6 is 47.8 Å². The Bertz CT molecular complexity index is 3430. The molecule has 0 unspecified atom stereocenters. The van der Waals surface area contributed by atoms with Gasteiger partial charge in [0.15, 0.2) is 0 Å². The molecule has 0 bridgehead atoms. The molecule has 30 heteroatoms. The van der Waals surface area contributed by atoms with E-state index in [4.69, 9.17) is 51.0 Å². The number of hydrogen-bond acceptors (Lipinski definition) is 21. The van der Waals surface area contributed by atoms with Gasteiger partial charge in [-0.25, -0.2) is 19.9 Å². The summed E-state index contributed by atoms with van der Waals surface area (Å²) in [4.78, 5) is 64.1. The van der Waals surface area contributed by atoms with Crippen molar-refractivity contribution in [2.24, 2.45) is 0 Å². The standard InChI is InChI=1S/C19H19N5O2.C15H15BrN2O2.C9H5BrN2.C6H11BrO2.C4H5N3.CH2O3.CH4.2K.H3N.H2O2.H2O.H/c1-19(2,3)26-18(25)11-24-10-13(7-20)16-6-14(4-5-17(16)24)23-15-8-21-12-22-9-15;1-15(2,3)20-14(19)9-18-8-10(7-17)12-6-11(16)4-5-13(12)18;10-7-1-2-9-8(3-7)6(4-11)5-12-9;1-6(2,3)9-5(8)4-7;5-4-1-6-3-7-2-4;2-1-4-3;;;;;1-2;;/h4-6,8-10,12,23H,11H2,1-3H3;4-6,8H,9H2,1-3H3;1-3,5,12H;4H2,1-3H3;1-3H,5H2;1,3H;1H4;;;1H3;1-2H;1H2;/q;;;;;;;2*+1;;;;-1/p-1. The van der Waals surface area contributed by atoms with Gasteiger partial charge in [0, 0.05) is 60.4 Å². The Labute approximate surface area is 604 Å². The molecular formula is C55H68Br3K2N13O12. The molecule has 5 heterocycles. The summed E-state index contributed by atoms with van der Waals surface area (Å²) in [5, 5.41) is 53.8. The molecule has 0 saturated carbocycles. The van der Waals surface area contributed by atoms with Crippen molar-refractivity contribution >= 4 is 122 Å². The average Bonchev–Trinajstić information content (AvgIpc) is 2.73. The summed E-state index contributed by atoms with van der Waals surface area (Å²) in [5.74, 6) is -0.883. The molecule has 0 aliphatic heterocycles. The number of ether oxygens (including phenoxy) is 3. The van der Waals surface area contributed by atoms with Crippen LogP contribution in [0.1, 0.15) is 87.9 Å². The normalized spacial score (nSPS) is 9.69. The molecule has 448 valence electrons. The summed E-state index contributed by atoms with van der Waals surface area (Å²) >= 11 is 9.74. The van der Waals surface area contributed by atoms with E-state index < -0.39 is 11.2 Å². The predicted molar refractivity (Wildman–Crippen MR) is 324 cm³/mol. The van der Waals surface area contributed by atoms with E-state index in [9.17, 15) is 19.6 Å². The zero-order chi connectivity index (χ0) is 60.2. The van der Waals surface area contributed by atoms with Crippen molar-refractivity contribution < 1.29 is 164 Å². The van der Waals surface area contributed by atoms with Crippen LogP contribution in [0.15, 0.2) is 120 Å². The van der Waals surface area contributed by atoms with Gasteiger partial charge in [-0.15, -0.1) is 0 Å². The van der Waals surface area contributed by atoms with Crippen LogP contribution in [0.5, 0.6) is 0 Å². The molecule has 0 saturated heterocycles. The predicted octanol–water partition coefficient (Wildman–Crippen LogP) is 4.14. The number of aromatic nitrogens is 7. The van der Waals surface area contributed by atoms with Gasteiger partial charge in [0.1, 0.15) is 66.1 Å². The number of carbonyl (C=O) groups is 4. The first-order valence-electron chi connectivity index (χ1n) is 23.3. The van der Waals surface area contributed by atoms with Crippen molar-refractivity contribution in [2.45, 2.75) is 99.6 Å². The molecule has 25 nitrogen and oxygen atoms in total. The van der Waals surface area contributed by atoms with Gasteiger partial charge in [-0.05, 0) is 117 Å². The maximum absolute atomic E-state index is 12.1. The van der Waals surface area contributed by atoms with Crippen LogP contribution in [0.2, 0.25) is 0 Å². The Morgan fingerprint density at radius 3 is 1.45 bits per heavy atom. The number of esters is 3. The quantitative estimate of drug-likeness (QED) is 0.0237. The molecule has 0 aliphatic carbocycles. The topological polar surface area (TPSA) is 422 Å². The van der Waals surface area contributed by atoms with Crippen LogP contribution in [0.4, 0.5) is 17.1 Å². The maximum Gasteiger partial charge on any atom is 1.00 e. The van der Waals surface area contributed by atoms with E-state index in [1.165, 1.54) is 12.7 Å². The number of nitrogens with two attached hydrogens (primary N) is 1. The number of alkyl halides is 1. The smallest absolute Gasteiger partial charge is 1.00 e. The number of hydrogen-bond donors (Lipinski definition) is 6. The van der Waals surface area contributed by atoms with Crippen LogP contribution < -0.4 is 125 Å². The molecule has 8 aromatic rings. The van der Waals surface area contributed by atoms with Crippen molar-refractivity contribution in [3.63, 3.8) is 0 Å². The van der Waals surface area contributed by atoms with Crippen molar-refractivity contribution in [3.05, 3.63) is 136 Å². The second-order valence-corrected chi connectivity index (χ2v) is 21.4. The molecule has 0 aliphatic rings. The number of H-pyrrole nitrogens is 1. The summed E-state index contributed by atoms with van der Waals surface area (Å²) in [6.45, 7) is 16.4.